The van der Waals surface area contributed by atoms with Crippen LogP contribution in [0.3, 0.4) is 0 Å². The van der Waals surface area contributed by atoms with Crippen molar-refractivity contribution in [1.29, 1.82) is 0 Å². The molecule has 1 fully saturated rings. The number of aliphatic hydroxyl groups is 1. The Bertz CT molecular complexity index is 380. The molecular formula is C13H18FNO2. The van der Waals surface area contributed by atoms with Gasteiger partial charge in [-0.15, -0.1) is 0 Å². The molecule has 0 atom stereocenters. The Labute approximate surface area is 101 Å². The third kappa shape index (κ3) is 2.96. The van der Waals surface area contributed by atoms with Gasteiger partial charge in [-0.1, -0.05) is 0 Å². The van der Waals surface area contributed by atoms with Gasteiger partial charge >= 0.3 is 0 Å². The van der Waals surface area contributed by atoms with Crippen LogP contribution < -0.4 is 4.90 Å². The van der Waals surface area contributed by atoms with Crippen molar-refractivity contribution in [2.24, 2.45) is 0 Å². The molecule has 1 aliphatic carbocycles. The summed E-state index contributed by atoms with van der Waals surface area (Å²) in [7, 11) is 1.67. The van der Waals surface area contributed by atoms with Crippen LogP contribution in [0.15, 0.2) is 18.2 Å². The van der Waals surface area contributed by atoms with E-state index in [4.69, 9.17) is 4.74 Å². The molecule has 0 heterocycles. The van der Waals surface area contributed by atoms with Gasteiger partial charge in [-0.3, -0.25) is 0 Å². The fourth-order valence-corrected chi connectivity index (χ4v) is 2.04. The molecule has 0 aliphatic heterocycles. The van der Waals surface area contributed by atoms with Crippen LogP contribution in [-0.2, 0) is 11.3 Å². The van der Waals surface area contributed by atoms with Gasteiger partial charge in [-0.2, -0.15) is 0 Å². The van der Waals surface area contributed by atoms with Gasteiger partial charge in [-0.25, -0.2) is 4.39 Å². The number of aliphatic hydroxyl groups excluding tert-OH is 1. The van der Waals surface area contributed by atoms with Crippen LogP contribution >= 0.6 is 0 Å². The van der Waals surface area contributed by atoms with Crippen LogP contribution in [-0.4, -0.2) is 31.4 Å². The second-order valence-corrected chi connectivity index (χ2v) is 4.35. The summed E-state index contributed by atoms with van der Waals surface area (Å²) >= 11 is 0. The zero-order valence-corrected chi connectivity index (χ0v) is 10.0. The number of nitrogens with zero attached hydrogens (tertiary/aromatic N) is 1. The lowest BCUT2D eigenvalue weighted by Crippen LogP contribution is -2.30. The van der Waals surface area contributed by atoms with Crippen LogP contribution in [0.25, 0.3) is 0 Å². The van der Waals surface area contributed by atoms with Crippen LogP contribution in [0.2, 0.25) is 0 Å². The molecule has 2 rings (SSSR count). The minimum atomic E-state index is -0.305. The summed E-state index contributed by atoms with van der Waals surface area (Å²) < 4.78 is 18.2. The van der Waals surface area contributed by atoms with E-state index in [1.807, 2.05) is 0 Å². The second-order valence-electron chi connectivity index (χ2n) is 4.35. The number of anilines is 1. The van der Waals surface area contributed by atoms with Crippen molar-refractivity contribution in [3.05, 3.63) is 29.6 Å². The number of hydrogen-bond donors (Lipinski definition) is 1. The Morgan fingerprint density at radius 2 is 2.24 bits per heavy atom. The Hall–Kier alpha value is -1.13. The molecular weight excluding hydrogens is 221 g/mol. The normalized spacial score (nSPS) is 15.0. The van der Waals surface area contributed by atoms with E-state index in [-0.39, 0.29) is 12.4 Å². The molecule has 3 nitrogen and oxygen atoms in total. The molecule has 1 aromatic carbocycles. The number of methoxy groups -OCH3 is 1. The number of halogens is 1. The van der Waals surface area contributed by atoms with E-state index in [2.05, 4.69) is 4.90 Å². The first-order valence-corrected chi connectivity index (χ1v) is 5.91. The van der Waals surface area contributed by atoms with Gasteiger partial charge in [0.25, 0.3) is 0 Å². The van der Waals surface area contributed by atoms with E-state index in [1.54, 1.807) is 13.2 Å². The molecule has 17 heavy (non-hydrogen) atoms. The molecule has 1 N–H and O–H groups in total. The summed E-state index contributed by atoms with van der Waals surface area (Å²) in [4.78, 5) is 2.20. The Balaban J connectivity index is 2.21. The van der Waals surface area contributed by atoms with Crippen LogP contribution in [0.1, 0.15) is 18.4 Å². The molecule has 4 heteroatoms. The summed E-state index contributed by atoms with van der Waals surface area (Å²) in [5.74, 6) is -0.305. The van der Waals surface area contributed by atoms with E-state index < -0.39 is 0 Å². The lowest BCUT2D eigenvalue weighted by Gasteiger charge is -2.26. The molecule has 1 aliphatic rings. The molecule has 1 saturated carbocycles. The minimum absolute atomic E-state index is 0.136. The van der Waals surface area contributed by atoms with E-state index in [9.17, 15) is 9.50 Å². The number of benzene rings is 1. The predicted octanol–water partition coefficient (Wildman–Crippen LogP) is 1.93. The highest BCUT2D eigenvalue weighted by atomic mass is 19.1. The Morgan fingerprint density at radius 3 is 2.82 bits per heavy atom. The Kier molecular flexibility index (Phi) is 3.97. The largest absolute Gasteiger partial charge is 0.392 e. The molecule has 0 radical (unpaired) electrons. The fraction of sp³-hybridized carbons (Fsp3) is 0.538. The van der Waals surface area contributed by atoms with Gasteiger partial charge < -0.3 is 14.7 Å². The first-order chi connectivity index (χ1) is 8.26. The van der Waals surface area contributed by atoms with Gasteiger partial charge in [0.2, 0.25) is 0 Å². The van der Waals surface area contributed by atoms with Gasteiger partial charge in [0.1, 0.15) is 5.82 Å². The van der Waals surface area contributed by atoms with Crippen LogP contribution in [0.4, 0.5) is 10.1 Å². The summed E-state index contributed by atoms with van der Waals surface area (Å²) in [5, 5.41) is 9.29. The Morgan fingerprint density at radius 1 is 1.47 bits per heavy atom. The van der Waals surface area contributed by atoms with Crippen molar-refractivity contribution in [3.63, 3.8) is 0 Å². The number of rotatable bonds is 6. The number of ether oxygens (including phenoxy) is 1. The zero-order chi connectivity index (χ0) is 12.3. The molecule has 1 aromatic rings. The fourth-order valence-electron chi connectivity index (χ4n) is 2.04. The summed E-state index contributed by atoms with van der Waals surface area (Å²) in [6.45, 7) is 1.28. The molecule has 0 spiro atoms. The molecule has 0 bridgehead atoms. The maximum atomic E-state index is 13.1. The smallest absolute Gasteiger partial charge is 0.123 e. The van der Waals surface area contributed by atoms with Crippen molar-refractivity contribution < 1.29 is 14.2 Å². The standard InChI is InChI=1S/C13H18FNO2/c1-17-7-6-15(12-3-4-12)13-5-2-11(14)8-10(13)9-16/h2,5,8,12,16H,3-4,6-7,9H2,1H3. The lowest BCUT2D eigenvalue weighted by atomic mass is 10.1. The van der Waals surface area contributed by atoms with Crippen molar-refractivity contribution in [1.82, 2.24) is 0 Å². The van der Waals surface area contributed by atoms with E-state index >= 15 is 0 Å². The van der Waals surface area contributed by atoms with E-state index in [1.165, 1.54) is 12.1 Å². The average molecular weight is 239 g/mol. The van der Waals surface area contributed by atoms with Crippen LogP contribution in [0, 0.1) is 5.82 Å². The zero-order valence-electron chi connectivity index (χ0n) is 10.0. The van der Waals surface area contributed by atoms with Gasteiger partial charge in [0, 0.05) is 30.9 Å². The summed E-state index contributed by atoms with van der Waals surface area (Å²) in [6, 6.07) is 5.10. The monoisotopic (exact) mass is 239 g/mol. The predicted molar refractivity (Wildman–Crippen MR) is 64.6 cm³/mol. The molecule has 0 unspecified atom stereocenters. The first-order valence-electron chi connectivity index (χ1n) is 5.91. The average Bonchev–Trinajstić information content (AvgIpc) is 3.15. The van der Waals surface area contributed by atoms with E-state index in [0.29, 0.717) is 18.2 Å². The van der Waals surface area contributed by atoms with Crippen molar-refractivity contribution in [3.8, 4) is 0 Å². The summed E-state index contributed by atoms with van der Waals surface area (Å²) in [6.07, 6.45) is 2.32. The second kappa shape index (κ2) is 5.47. The highest BCUT2D eigenvalue weighted by Crippen LogP contribution is 2.33. The van der Waals surface area contributed by atoms with Crippen molar-refractivity contribution in [2.45, 2.75) is 25.5 Å². The topological polar surface area (TPSA) is 32.7 Å². The lowest BCUT2D eigenvalue weighted by molar-refractivity contribution is 0.204. The van der Waals surface area contributed by atoms with Gasteiger partial charge in [0.05, 0.1) is 13.2 Å². The molecule has 0 aromatic heterocycles. The third-order valence-corrected chi connectivity index (χ3v) is 3.05. The first kappa shape index (κ1) is 12.3. The maximum absolute atomic E-state index is 13.1. The quantitative estimate of drug-likeness (QED) is 0.823. The minimum Gasteiger partial charge on any atom is -0.392 e. The molecule has 94 valence electrons. The maximum Gasteiger partial charge on any atom is 0.123 e. The highest BCUT2D eigenvalue weighted by Gasteiger charge is 2.30. The van der Waals surface area contributed by atoms with E-state index in [0.717, 1.165) is 25.1 Å². The molecule has 0 saturated heterocycles. The summed E-state index contributed by atoms with van der Waals surface area (Å²) in [5.41, 5.74) is 1.57. The van der Waals surface area contributed by atoms with Crippen LogP contribution in [0.5, 0.6) is 0 Å². The number of hydrogen-bond acceptors (Lipinski definition) is 3. The van der Waals surface area contributed by atoms with Gasteiger partial charge in [0.15, 0.2) is 0 Å². The SMILES string of the molecule is COCCN(c1ccc(F)cc1CO)C1CC1. The van der Waals surface area contributed by atoms with Crippen molar-refractivity contribution in [2.75, 3.05) is 25.2 Å². The highest BCUT2D eigenvalue weighted by molar-refractivity contribution is 5.55. The van der Waals surface area contributed by atoms with Gasteiger partial charge in [-0.05, 0) is 31.0 Å². The third-order valence-electron chi connectivity index (χ3n) is 3.05. The van der Waals surface area contributed by atoms with Crippen molar-refractivity contribution >= 4 is 5.69 Å². The molecule has 0 amide bonds.